The quantitative estimate of drug-likeness (QED) is 0.459. The Hall–Kier alpha value is -3.27. The van der Waals surface area contributed by atoms with Crippen molar-refractivity contribution < 1.29 is 0 Å². The van der Waals surface area contributed by atoms with Gasteiger partial charge in [0.15, 0.2) is 0 Å². The second-order valence-corrected chi connectivity index (χ2v) is 5.57. The Balaban J connectivity index is 1.58. The third kappa shape index (κ3) is 3.08. The Morgan fingerprint density at radius 2 is 1.58 bits per heavy atom. The van der Waals surface area contributed by atoms with E-state index in [2.05, 4.69) is 45.5 Å². The number of aromatic nitrogens is 2. The average Bonchev–Trinajstić information content (AvgIpc) is 3.08. The van der Waals surface area contributed by atoms with Crippen LogP contribution >= 0.6 is 0 Å². The SMILES string of the molecule is c1ccc(Cn2ccnc2N=Nc2ccc3ccccc3c2)cc1. The van der Waals surface area contributed by atoms with E-state index in [-0.39, 0.29) is 0 Å². The second kappa shape index (κ2) is 6.46. The van der Waals surface area contributed by atoms with E-state index in [1.54, 1.807) is 6.20 Å². The van der Waals surface area contributed by atoms with Gasteiger partial charge in [0.25, 0.3) is 0 Å². The van der Waals surface area contributed by atoms with Crippen LogP contribution in [0.4, 0.5) is 11.6 Å². The number of benzene rings is 3. The number of imidazole rings is 1. The van der Waals surface area contributed by atoms with Crippen LogP contribution in [0.3, 0.4) is 0 Å². The largest absolute Gasteiger partial charge is 0.310 e. The first-order valence-corrected chi connectivity index (χ1v) is 7.84. The molecule has 4 nitrogen and oxygen atoms in total. The summed E-state index contributed by atoms with van der Waals surface area (Å²) in [6.07, 6.45) is 3.67. The van der Waals surface area contributed by atoms with Crippen molar-refractivity contribution in [3.63, 3.8) is 0 Å². The Morgan fingerprint density at radius 3 is 2.46 bits per heavy atom. The van der Waals surface area contributed by atoms with Gasteiger partial charge in [-0.25, -0.2) is 4.98 Å². The number of fused-ring (bicyclic) bond motifs is 1. The van der Waals surface area contributed by atoms with Gasteiger partial charge in [-0.05, 0) is 28.5 Å². The molecule has 0 saturated carbocycles. The lowest BCUT2D eigenvalue weighted by molar-refractivity contribution is 0.791. The van der Waals surface area contributed by atoms with Crippen LogP contribution in [0.15, 0.2) is 95.4 Å². The summed E-state index contributed by atoms with van der Waals surface area (Å²) in [6, 6.07) is 24.5. The molecular weight excluding hydrogens is 296 g/mol. The first-order valence-electron chi connectivity index (χ1n) is 7.84. The molecule has 4 heteroatoms. The predicted molar refractivity (Wildman–Crippen MR) is 95.9 cm³/mol. The number of hydrogen-bond donors (Lipinski definition) is 0. The van der Waals surface area contributed by atoms with Crippen molar-refractivity contribution in [2.24, 2.45) is 10.2 Å². The van der Waals surface area contributed by atoms with Crippen molar-refractivity contribution in [2.45, 2.75) is 6.54 Å². The molecule has 0 aliphatic rings. The van der Waals surface area contributed by atoms with Gasteiger partial charge in [0.1, 0.15) is 0 Å². The summed E-state index contributed by atoms with van der Waals surface area (Å²) in [6.45, 7) is 0.729. The van der Waals surface area contributed by atoms with E-state index < -0.39 is 0 Å². The van der Waals surface area contributed by atoms with Gasteiger partial charge in [-0.1, -0.05) is 60.7 Å². The molecular formula is C20H16N4. The third-order valence-corrected chi connectivity index (χ3v) is 3.88. The number of nitrogens with zero attached hydrogens (tertiary/aromatic N) is 4. The topological polar surface area (TPSA) is 42.5 Å². The molecule has 0 fully saturated rings. The molecule has 0 N–H and O–H groups in total. The zero-order chi connectivity index (χ0) is 16.2. The summed E-state index contributed by atoms with van der Waals surface area (Å²) in [4.78, 5) is 4.29. The predicted octanol–water partition coefficient (Wildman–Crippen LogP) is 5.50. The summed E-state index contributed by atoms with van der Waals surface area (Å²) in [5.74, 6) is 0.604. The van der Waals surface area contributed by atoms with Crippen molar-refractivity contribution in [3.8, 4) is 0 Å². The van der Waals surface area contributed by atoms with Crippen molar-refractivity contribution in [1.82, 2.24) is 9.55 Å². The molecule has 0 bridgehead atoms. The Kier molecular flexibility index (Phi) is 3.86. The number of azo groups is 1. The van der Waals surface area contributed by atoms with Crippen LogP contribution in [0.2, 0.25) is 0 Å². The summed E-state index contributed by atoms with van der Waals surface area (Å²) >= 11 is 0. The number of hydrogen-bond acceptors (Lipinski definition) is 3. The Morgan fingerprint density at radius 1 is 0.792 bits per heavy atom. The highest BCUT2D eigenvalue weighted by molar-refractivity contribution is 5.85. The highest BCUT2D eigenvalue weighted by atomic mass is 15.3. The van der Waals surface area contributed by atoms with Crippen molar-refractivity contribution in [1.29, 1.82) is 0 Å². The molecule has 4 aromatic rings. The summed E-state index contributed by atoms with van der Waals surface area (Å²) < 4.78 is 1.99. The minimum Gasteiger partial charge on any atom is -0.310 e. The molecule has 1 aromatic heterocycles. The molecule has 1 heterocycles. The minimum atomic E-state index is 0.604. The fourth-order valence-corrected chi connectivity index (χ4v) is 2.65. The van der Waals surface area contributed by atoms with E-state index in [1.165, 1.54) is 10.9 Å². The van der Waals surface area contributed by atoms with E-state index in [0.717, 1.165) is 17.6 Å². The summed E-state index contributed by atoms with van der Waals surface area (Å²) in [5.41, 5.74) is 2.03. The lowest BCUT2D eigenvalue weighted by atomic mass is 10.1. The highest BCUT2D eigenvalue weighted by Crippen LogP contribution is 2.23. The van der Waals surface area contributed by atoms with Gasteiger partial charge in [0.05, 0.1) is 12.2 Å². The van der Waals surface area contributed by atoms with Gasteiger partial charge in [0, 0.05) is 12.4 Å². The minimum absolute atomic E-state index is 0.604. The van der Waals surface area contributed by atoms with Crippen LogP contribution < -0.4 is 0 Å². The first-order chi connectivity index (χ1) is 11.9. The maximum absolute atomic E-state index is 4.34. The van der Waals surface area contributed by atoms with Crippen LogP contribution in [0.1, 0.15) is 5.56 Å². The first kappa shape index (κ1) is 14.3. The van der Waals surface area contributed by atoms with E-state index in [1.807, 2.05) is 53.2 Å². The van der Waals surface area contributed by atoms with Crippen LogP contribution in [0, 0.1) is 0 Å². The molecule has 0 aliphatic carbocycles. The van der Waals surface area contributed by atoms with Gasteiger partial charge >= 0.3 is 0 Å². The molecule has 0 spiro atoms. The Bertz CT molecular complexity index is 987. The monoisotopic (exact) mass is 312 g/mol. The molecule has 0 saturated heterocycles. The van der Waals surface area contributed by atoms with Crippen LogP contribution in [-0.2, 0) is 6.54 Å². The smallest absolute Gasteiger partial charge is 0.249 e. The van der Waals surface area contributed by atoms with Crippen LogP contribution in [-0.4, -0.2) is 9.55 Å². The summed E-state index contributed by atoms with van der Waals surface area (Å²) in [5, 5.41) is 11.0. The van der Waals surface area contributed by atoms with Crippen LogP contribution in [0.5, 0.6) is 0 Å². The van der Waals surface area contributed by atoms with Gasteiger partial charge in [-0.2, -0.15) is 0 Å². The van der Waals surface area contributed by atoms with Crippen molar-refractivity contribution in [2.75, 3.05) is 0 Å². The number of rotatable bonds is 4. The average molecular weight is 312 g/mol. The third-order valence-electron chi connectivity index (χ3n) is 3.88. The fraction of sp³-hybridized carbons (Fsp3) is 0.0500. The lowest BCUT2D eigenvalue weighted by Crippen LogP contribution is -1.96. The zero-order valence-corrected chi connectivity index (χ0v) is 13.1. The standard InChI is InChI=1S/C20H16N4/c1-2-6-16(7-3-1)15-24-13-12-21-20(24)23-22-19-11-10-17-8-4-5-9-18(17)14-19/h1-14H,15H2. The summed E-state index contributed by atoms with van der Waals surface area (Å²) in [7, 11) is 0. The molecule has 24 heavy (non-hydrogen) atoms. The van der Waals surface area contributed by atoms with E-state index in [4.69, 9.17) is 0 Å². The normalized spacial score (nSPS) is 11.3. The fourth-order valence-electron chi connectivity index (χ4n) is 2.65. The maximum atomic E-state index is 4.34. The van der Waals surface area contributed by atoms with E-state index >= 15 is 0 Å². The molecule has 0 amide bonds. The second-order valence-electron chi connectivity index (χ2n) is 5.57. The molecule has 4 rings (SSSR count). The molecule has 0 aliphatic heterocycles. The maximum Gasteiger partial charge on any atom is 0.249 e. The van der Waals surface area contributed by atoms with Crippen LogP contribution in [0.25, 0.3) is 10.8 Å². The van der Waals surface area contributed by atoms with Gasteiger partial charge in [0.2, 0.25) is 5.95 Å². The molecule has 0 atom stereocenters. The van der Waals surface area contributed by atoms with E-state index in [9.17, 15) is 0 Å². The Labute approximate surface area is 140 Å². The molecule has 0 radical (unpaired) electrons. The molecule has 0 unspecified atom stereocenters. The molecule has 3 aromatic carbocycles. The van der Waals surface area contributed by atoms with Gasteiger partial charge < -0.3 is 4.57 Å². The highest BCUT2D eigenvalue weighted by Gasteiger charge is 2.02. The lowest BCUT2D eigenvalue weighted by Gasteiger charge is -2.04. The zero-order valence-electron chi connectivity index (χ0n) is 13.1. The van der Waals surface area contributed by atoms with Gasteiger partial charge in [-0.3, -0.25) is 0 Å². The van der Waals surface area contributed by atoms with Gasteiger partial charge in [-0.15, -0.1) is 10.2 Å². The van der Waals surface area contributed by atoms with E-state index in [0.29, 0.717) is 5.95 Å². The van der Waals surface area contributed by atoms with Crippen molar-refractivity contribution >= 4 is 22.4 Å². The van der Waals surface area contributed by atoms with Crippen molar-refractivity contribution in [3.05, 3.63) is 90.8 Å². The molecule has 116 valence electrons.